The Hall–Kier alpha value is -1.53. The van der Waals surface area contributed by atoms with Crippen molar-refractivity contribution in [1.29, 1.82) is 5.26 Å². The average molecular weight is 189 g/mol. The van der Waals surface area contributed by atoms with Crippen LogP contribution in [0.3, 0.4) is 0 Å². The van der Waals surface area contributed by atoms with E-state index in [4.69, 9.17) is 14.7 Å². The van der Waals surface area contributed by atoms with Gasteiger partial charge in [-0.05, 0) is 19.1 Å². The summed E-state index contributed by atoms with van der Waals surface area (Å²) < 4.78 is 10.7. The molecule has 2 unspecified atom stereocenters. The van der Waals surface area contributed by atoms with Gasteiger partial charge in [-0.2, -0.15) is 5.26 Å². The molecule has 0 saturated carbocycles. The Morgan fingerprint density at radius 1 is 1.57 bits per heavy atom. The molecule has 0 aromatic heterocycles. The van der Waals surface area contributed by atoms with E-state index in [1.807, 2.05) is 19.1 Å². The third-order valence-corrected chi connectivity index (χ3v) is 2.20. The van der Waals surface area contributed by atoms with Crippen LogP contribution in [0.15, 0.2) is 24.3 Å². The minimum Gasteiger partial charge on any atom is -0.487 e. The summed E-state index contributed by atoms with van der Waals surface area (Å²) in [4.78, 5) is 0. The second kappa shape index (κ2) is 3.69. The first-order chi connectivity index (χ1) is 6.81. The summed E-state index contributed by atoms with van der Waals surface area (Å²) in [5.74, 6) is 0.637. The number of para-hydroxylation sites is 1. The van der Waals surface area contributed by atoms with Crippen LogP contribution in [-0.4, -0.2) is 18.8 Å². The number of hydrogen-bond acceptors (Lipinski definition) is 3. The number of ether oxygens (including phenoxy) is 2. The maximum absolute atomic E-state index is 8.82. The van der Waals surface area contributed by atoms with Gasteiger partial charge in [0.1, 0.15) is 24.0 Å². The van der Waals surface area contributed by atoms with Crippen LogP contribution in [0.1, 0.15) is 12.5 Å². The molecule has 1 aliphatic rings. The standard InChI is InChI=1S/C11H11NO2/c1-8(11-7-13-11)14-10-5-3-2-4-9(10)6-12/h2-5,8,11H,7H2,1H3. The lowest BCUT2D eigenvalue weighted by atomic mass is 10.2. The van der Waals surface area contributed by atoms with E-state index in [1.54, 1.807) is 12.1 Å². The fourth-order valence-electron chi connectivity index (χ4n) is 1.26. The molecule has 1 aromatic rings. The van der Waals surface area contributed by atoms with E-state index in [9.17, 15) is 0 Å². The largest absolute Gasteiger partial charge is 0.487 e. The van der Waals surface area contributed by atoms with Gasteiger partial charge >= 0.3 is 0 Å². The molecule has 14 heavy (non-hydrogen) atoms. The lowest BCUT2D eigenvalue weighted by Crippen LogP contribution is -2.19. The molecule has 0 bridgehead atoms. The van der Waals surface area contributed by atoms with Crippen LogP contribution < -0.4 is 4.74 Å². The van der Waals surface area contributed by atoms with Crippen LogP contribution in [0.5, 0.6) is 5.75 Å². The second-order valence-electron chi connectivity index (χ2n) is 3.30. The maximum atomic E-state index is 8.82. The summed E-state index contributed by atoms with van der Waals surface area (Å²) in [6.07, 6.45) is 0.214. The molecule has 72 valence electrons. The summed E-state index contributed by atoms with van der Waals surface area (Å²) in [5, 5.41) is 8.82. The number of hydrogen-bond donors (Lipinski definition) is 0. The smallest absolute Gasteiger partial charge is 0.137 e. The molecule has 0 spiro atoms. The van der Waals surface area contributed by atoms with Crippen molar-refractivity contribution in [1.82, 2.24) is 0 Å². The fraction of sp³-hybridized carbons (Fsp3) is 0.364. The first-order valence-corrected chi connectivity index (χ1v) is 4.58. The predicted octanol–water partition coefficient (Wildman–Crippen LogP) is 1.72. The number of benzene rings is 1. The van der Waals surface area contributed by atoms with Crippen molar-refractivity contribution in [2.75, 3.05) is 6.61 Å². The molecule has 1 aromatic carbocycles. The van der Waals surface area contributed by atoms with Gasteiger partial charge in [0.05, 0.1) is 12.2 Å². The Bertz CT molecular complexity index is 366. The fourth-order valence-corrected chi connectivity index (χ4v) is 1.26. The van der Waals surface area contributed by atoms with E-state index in [2.05, 4.69) is 6.07 Å². The van der Waals surface area contributed by atoms with Crippen LogP contribution in [0.25, 0.3) is 0 Å². The average Bonchev–Trinajstić information content (AvgIpc) is 3.02. The van der Waals surface area contributed by atoms with Gasteiger partial charge in [0.2, 0.25) is 0 Å². The van der Waals surface area contributed by atoms with Crippen LogP contribution in [0.2, 0.25) is 0 Å². The van der Waals surface area contributed by atoms with E-state index in [0.29, 0.717) is 11.3 Å². The lowest BCUT2D eigenvalue weighted by Gasteiger charge is -2.12. The van der Waals surface area contributed by atoms with Gasteiger partial charge in [-0.25, -0.2) is 0 Å². The molecule has 2 rings (SSSR count). The molecule has 1 fully saturated rings. The van der Waals surface area contributed by atoms with E-state index in [0.717, 1.165) is 6.61 Å². The highest BCUT2D eigenvalue weighted by Gasteiger charge is 2.31. The SMILES string of the molecule is CC(Oc1ccccc1C#N)C1CO1. The van der Waals surface area contributed by atoms with Crippen molar-refractivity contribution in [2.45, 2.75) is 19.1 Å². The summed E-state index contributed by atoms with van der Waals surface area (Å²) in [6.45, 7) is 2.71. The normalized spacial score (nSPS) is 21.0. The Morgan fingerprint density at radius 2 is 2.29 bits per heavy atom. The molecule has 0 amide bonds. The molecule has 0 N–H and O–H groups in total. The van der Waals surface area contributed by atoms with Crippen molar-refractivity contribution >= 4 is 0 Å². The Labute approximate surface area is 82.9 Å². The summed E-state index contributed by atoms with van der Waals surface area (Å²) in [5.41, 5.74) is 0.569. The van der Waals surface area contributed by atoms with Crippen molar-refractivity contribution in [2.24, 2.45) is 0 Å². The highest BCUT2D eigenvalue weighted by Crippen LogP contribution is 2.23. The number of nitrogens with zero attached hydrogens (tertiary/aromatic N) is 1. The van der Waals surface area contributed by atoms with Crippen LogP contribution in [0.4, 0.5) is 0 Å². The van der Waals surface area contributed by atoms with Crippen molar-refractivity contribution in [3.05, 3.63) is 29.8 Å². The monoisotopic (exact) mass is 189 g/mol. The van der Waals surface area contributed by atoms with Crippen molar-refractivity contribution < 1.29 is 9.47 Å². The van der Waals surface area contributed by atoms with Crippen molar-refractivity contribution in [3.63, 3.8) is 0 Å². The number of rotatable bonds is 3. The van der Waals surface area contributed by atoms with E-state index in [-0.39, 0.29) is 12.2 Å². The Balaban J connectivity index is 2.11. The van der Waals surface area contributed by atoms with Crippen LogP contribution in [0, 0.1) is 11.3 Å². The van der Waals surface area contributed by atoms with Gasteiger partial charge in [-0.1, -0.05) is 12.1 Å². The van der Waals surface area contributed by atoms with Gasteiger partial charge in [-0.15, -0.1) is 0 Å². The number of epoxide rings is 1. The molecule has 3 heteroatoms. The Kier molecular flexibility index (Phi) is 2.38. The zero-order valence-corrected chi connectivity index (χ0v) is 7.93. The summed E-state index contributed by atoms with van der Waals surface area (Å²) in [6, 6.07) is 9.32. The maximum Gasteiger partial charge on any atom is 0.137 e. The highest BCUT2D eigenvalue weighted by molar-refractivity contribution is 5.42. The van der Waals surface area contributed by atoms with E-state index in [1.165, 1.54) is 0 Å². The lowest BCUT2D eigenvalue weighted by molar-refractivity contribution is 0.176. The van der Waals surface area contributed by atoms with Gasteiger partial charge in [0.15, 0.2) is 0 Å². The third-order valence-electron chi connectivity index (χ3n) is 2.20. The molecule has 1 aliphatic heterocycles. The van der Waals surface area contributed by atoms with Crippen molar-refractivity contribution in [3.8, 4) is 11.8 Å². The topological polar surface area (TPSA) is 45.5 Å². The van der Waals surface area contributed by atoms with Gasteiger partial charge in [-0.3, -0.25) is 0 Å². The quantitative estimate of drug-likeness (QED) is 0.680. The zero-order valence-electron chi connectivity index (χ0n) is 7.93. The molecule has 0 aliphatic carbocycles. The van der Waals surface area contributed by atoms with Crippen LogP contribution in [-0.2, 0) is 4.74 Å². The zero-order chi connectivity index (χ0) is 9.97. The van der Waals surface area contributed by atoms with Gasteiger partial charge in [0.25, 0.3) is 0 Å². The van der Waals surface area contributed by atoms with E-state index >= 15 is 0 Å². The van der Waals surface area contributed by atoms with Crippen LogP contribution >= 0.6 is 0 Å². The van der Waals surface area contributed by atoms with Gasteiger partial charge in [0, 0.05) is 0 Å². The minimum atomic E-state index is 0.0181. The molecule has 1 heterocycles. The summed E-state index contributed by atoms with van der Waals surface area (Å²) >= 11 is 0. The number of nitriles is 1. The van der Waals surface area contributed by atoms with E-state index < -0.39 is 0 Å². The van der Waals surface area contributed by atoms with Gasteiger partial charge < -0.3 is 9.47 Å². The third kappa shape index (κ3) is 1.86. The molecule has 2 atom stereocenters. The highest BCUT2D eigenvalue weighted by atomic mass is 16.6. The first-order valence-electron chi connectivity index (χ1n) is 4.58. The molecule has 0 radical (unpaired) electrons. The molecule has 3 nitrogen and oxygen atoms in total. The Morgan fingerprint density at radius 3 is 2.93 bits per heavy atom. The molecule has 1 saturated heterocycles. The second-order valence-corrected chi connectivity index (χ2v) is 3.30. The predicted molar refractivity (Wildman–Crippen MR) is 51.0 cm³/mol. The molecular weight excluding hydrogens is 178 g/mol. The first kappa shape index (κ1) is 9.04. The minimum absolute atomic E-state index is 0.0181. The molecular formula is C11H11NO2. The summed E-state index contributed by atoms with van der Waals surface area (Å²) in [7, 11) is 0.